The van der Waals surface area contributed by atoms with E-state index in [0.29, 0.717) is 5.75 Å². The Hall–Kier alpha value is -1.07. The molecule has 16 heavy (non-hydrogen) atoms. The van der Waals surface area contributed by atoms with E-state index in [0.717, 1.165) is 5.56 Å². The predicted molar refractivity (Wildman–Crippen MR) is 62.2 cm³/mol. The molecule has 5 heteroatoms. The highest BCUT2D eigenvalue weighted by molar-refractivity contribution is 7.91. The first kappa shape index (κ1) is 13.0. The summed E-state index contributed by atoms with van der Waals surface area (Å²) in [6, 6.07) is 6.90. The van der Waals surface area contributed by atoms with Gasteiger partial charge in [-0.1, -0.05) is 19.1 Å². The highest BCUT2D eigenvalue weighted by Gasteiger charge is 2.07. The number of aliphatic hydroxyl groups is 1. The van der Waals surface area contributed by atoms with E-state index in [2.05, 4.69) is 0 Å². The second-order valence-electron chi connectivity index (χ2n) is 3.39. The third-order valence-corrected chi connectivity index (χ3v) is 3.88. The normalized spacial score (nSPS) is 11.4. The maximum atomic E-state index is 11.2. The molecule has 0 heterocycles. The summed E-state index contributed by atoms with van der Waals surface area (Å²) in [6.07, 6.45) is 0. The van der Waals surface area contributed by atoms with E-state index in [1.807, 2.05) is 0 Å². The molecule has 0 radical (unpaired) electrons. The standard InChI is InChI=1S/C11H16O4S/c1-2-16(13,14)8-7-15-11-5-3-10(9-12)4-6-11/h3-6,12H,2,7-9H2,1H3. The summed E-state index contributed by atoms with van der Waals surface area (Å²) >= 11 is 0. The molecule has 0 spiro atoms. The van der Waals surface area contributed by atoms with E-state index >= 15 is 0 Å². The summed E-state index contributed by atoms with van der Waals surface area (Å²) in [6.45, 7) is 1.77. The fraction of sp³-hybridized carbons (Fsp3) is 0.455. The summed E-state index contributed by atoms with van der Waals surface area (Å²) in [5.74, 6) is 0.786. The Balaban J connectivity index is 2.43. The molecule has 0 bridgehead atoms. The van der Waals surface area contributed by atoms with Crippen LogP contribution in [0.15, 0.2) is 24.3 Å². The molecular formula is C11H16O4S. The predicted octanol–water partition coefficient (Wildman–Crippen LogP) is 0.992. The lowest BCUT2D eigenvalue weighted by Gasteiger charge is -2.06. The van der Waals surface area contributed by atoms with Crippen LogP contribution in [0.2, 0.25) is 0 Å². The summed E-state index contributed by atoms with van der Waals surface area (Å²) in [5, 5.41) is 8.82. The van der Waals surface area contributed by atoms with Crippen LogP contribution in [0.25, 0.3) is 0 Å². The third kappa shape index (κ3) is 4.20. The van der Waals surface area contributed by atoms with Gasteiger partial charge in [0.15, 0.2) is 9.84 Å². The SMILES string of the molecule is CCS(=O)(=O)CCOc1ccc(CO)cc1. The first-order valence-electron chi connectivity index (χ1n) is 5.10. The van der Waals surface area contributed by atoms with Crippen molar-refractivity contribution in [2.24, 2.45) is 0 Å². The van der Waals surface area contributed by atoms with Gasteiger partial charge in [0.1, 0.15) is 12.4 Å². The van der Waals surface area contributed by atoms with Crippen LogP contribution in [0.1, 0.15) is 12.5 Å². The summed E-state index contributed by atoms with van der Waals surface area (Å²) in [7, 11) is -2.97. The largest absolute Gasteiger partial charge is 0.493 e. The number of rotatable bonds is 6. The van der Waals surface area contributed by atoms with Crippen LogP contribution in [0.4, 0.5) is 0 Å². The van der Waals surface area contributed by atoms with Crippen LogP contribution in [-0.4, -0.2) is 31.6 Å². The molecule has 0 amide bonds. The molecule has 1 rings (SSSR count). The minimum Gasteiger partial charge on any atom is -0.493 e. The van der Waals surface area contributed by atoms with E-state index in [4.69, 9.17) is 9.84 Å². The molecule has 1 N–H and O–H groups in total. The second-order valence-corrected chi connectivity index (χ2v) is 5.86. The van der Waals surface area contributed by atoms with Crippen LogP contribution in [0.5, 0.6) is 5.75 Å². The molecule has 1 aromatic carbocycles. The monoisotopic (exact) mass is 244 g/mol. The number of sulfone groups is 1. The number of hydrogen-bond donors (Lipinski definition) is 1. The molecule has 0 unspecified atom stereocenters. The van der Waals surface area contributed by atoms with Gasteiger partial charge in [0.05, 0.1) is 12.4 Å². The average molecular weight is 244 g/mol. The third-order valence-electron chi connectivity index (χ3n) is 2.21. The minimum atomic E-state index is -2.97. The maximum absolute atomic E-state index is 11.2. The minimum absolute atomic E-state index is 0.00943. The summed E-state index contributed by atoms with van der Waals surface area (Å²) in [5.41, 5.74) is 0.800. The van der Waals surface area contributed by atoms with Gasteiger partial charge in [0, 0.05) is 5.75 Å². The highest BCUT2D eigenvalue weighted by atomic mass is 32.2. The zero-order chi connectivity index (χ0) is 12.0. The summed E-state index contributed by atoms with van der Waals surface area (Å²) < 4.78 is 27.6. The molecule has 4 nitrogen and oxygen atoms in total. The van der Waals surface area contributed by atoms with Crippen molar-refractivity contribution < 1.29 is 18.3 Å². The van der Waals surface area contributed by atoms with Crippen molar-refractivity contribution in [3.05, 3.63) is 29.8 Å². The Labute approximate surface area is 95.8 Å². The van der Waals surface area contributed by atoms with Gasteiger partial charge in [-0.2, -0.15) is 0 Å². The van der Waals surface area contributed by atoms with Crippen molar-refractivity contribution >= 4 is 9.84 Å². The number of benzene rings is 1. The highest BCUT2D eigenvalue weighted by Crippen LogP contribution is 2.12. The molecular weight excluding hydrogens is 228 g/mol. The molecule has 0 saturated carbocycles. The fourth-order valence-corrected chi connectivity index (χ4v) is 1.75. The number of hydrogen-bond acceptors (Lipinski definition) is 4. The Morgan fingerprint density at radius 3 is 2.38 bits per heavy atom. The maximum Gasteiger partial charge on any atom is 0.153 e. The van der Waals surface area contributed by atoms with Crippen LogP contribution >= 0.6 is 0 Å². The molecule has 1 aromatic rings. The number of aliphatic hydroxyl groups excluding tert-OH is 1. The van der Waals surface area contributed by atoms with Crippen LogP contribution in [-0.2, 0) is 16.4 Å². The quantitative estimate of drug-likeness (QED) is 0.810. The molecule has 0 aliphatic carbocycles. The van der Waals surface area contributed by atoms with Crippen molar-refractivity contribution in [3.63, 3.8) is 0 Å². The van der Waals surface area contributed by atoms with Gasteiger partial charge in [-0.05, 0) is 17.7 Å². The summed E-state index contributed by atoms with van der Waals surface area (Å²) in [4.78, 5) is 0. The molecule has 0 saturated heterocycles. The first-order valence-corrected chi connectivity index (χ1v) is 6.92. The van der Waals surface area contributed by atoms with Crippen molar-refractivity contribution in [3.8, 4) is 5.75 Å². The Morgan fingerprint density at radius 2 is 1.88 bits per heavy atom. The van der Waals surface area contributed by atoms with E-state index in [1.54, 1.807) is 31.2 Å². The Morgan fingerprint density at radius 1 is 1.25 bits per heavy atom. The Kier molecular flexibility index (Phi) is 4.76. The Bertz CT molecular complexity index is 408. The van der Waals surface area contributed by atoms with Gasteiger partial charge in [-0.15, -0.1) is 0 Å². The molecule has 0 fully saturated rings. The van der Waals surface area contributed by atoms with Gasteiger partial charge in [0.25, 0.3) is 0 Å². The first-order chi connectivity index (χ1) is 7.57. The average Bonchev–Trinajstić information content (AvgIpc) is 2.30. The van der Waals surface area contributed by atoms with Gasteiger partial charge < -0.3 is 9.84 Å². The van der Waals surface area contributed by atoms with Gasteiger partial charge in [-0.3, -0.25) is 0 Å². The van der Waals surface area contributed by atoms with E-state index in [-0.39, 0.29) is 24.7 Å². The van der Waals surface area contributed by atoms with Crippen LogP contribution < -0.4 is 4.74 Å². The van der Waals surface area contributed by atoms with Crippen LogP contribution in [0.3, 0.4) is 0 Å². The topological polar surface area (TPSA) is 63.6 Å². The fourth-order valence-electron chi connectivity index (χ4n) is 1.12. The lowest BCUT2D eigenvalue weighted by Crippen LogP contribution is -2.15. The van der Waals surface area contributed by atoms with Gasteiger partial charge in [-0.25, -0.2) is 8.42 Å². The van der Waals surface area contributed by atoms with Crippen molar-refractivity contribution in [1.82, 2.24) is 0 Å². The second kappa shape index (κ2) is 5.86. The van der Waals surface area contributed by atoms with Gasteiger partial charge in [0.2, 0.25) is 0 Å². The van der Waals surface area contributed by atoms with Crippen molar-refractivity contribution in [2.75, 3.05) is 18.1 Å². The van der Waals surface area contributed by atoms with Crippen LogP contribution in [0, 0.1) is 0 Å². The van der Waals surface area contributed by atoms with Gasteiger partial charge >= 0.3 is 0 Å². The van der Waals surface area contributed by atoms with E-state index < -0.39 is 9.84 Å². The van der Waals surface area contributed by atoms with Crippen molar-refractivity contribution in [2.45, 2.75) is 13.5 Å². The molecule has 0 atom stereocenters. The molecule has 90 valence electrons. The molecule has 0 aliphatic rings. The molecule has 0 aromatic heterocycles. The van der Waals surface area contributed by atoms with E-state index in [9.17, 15) is 8.42 Å². The zero-order valence-corrected chi connectivity index (χ0v) is 10.0. The van der Waals surface area contributed by atoms with E-state index in [1.165, 1.54) is 0 Å². The zero-order valence-electron chi connectivity index (χ0n) is 9.22. The smallest absolute Gasteiger partial charge is 0.153 e. The lowest BCUT2D eigenvalue weighted by molar-refractivity contribution is 0.281. The number of ether oxygens (including phenoxy) is 1. The van der Waals surface area contributed by atoms with Crippen molar-refractivity contribution in [1.29, 1.82) is 0 Å². The molecule has 0 aliphatic heterocycles. The lowest BCUT2D eigenvalue weighted by atomic mass is 10.2.